The van der Waals surface area contributed by atoms with Crippen molar-refractivity contribution >= 4 is 10.8 Å². The lowest BCUT2D eigenvalue weighted by molar-refractivity contribution is -0.660. The van der Waals surface area contributed by atoms with Crippen molar-refractivity contribution in [3.8, 4) is 5.75 Å². The summed E-state index contributed by atoms with van der Waals surface area (Å²) in [4.78, 5) is 0. The van der Waals surface area contributed by atoms with Crippen LogP contribution in [0.15, 0.2) is 66.7 Å². The fourth-order valence-electron chi connectivity index (χ4n) is 3.01. The van der Waals surface area contributed by atoms with E-state index in [-0.39, 0.29) is 6.61 Å². The van der Waals surface area contributed by atoms with E-state index < -0.39 is 17.8 Å². The number of fused-ring (bicyclic) bond motifs is 1. The van der Waals surface area contributed by atoms with E-state index in [2.05, 4.69) is 0 Å². The number of hydrogen-bond donors (Lipinski definition) is 2. The third kappa shape index (κ3) is 5.47. The molecule has 0 aromatic heterocycles. The minimum Gasteiger partial charge on any atom is -0.490 e. The fraction of sp³-hybridized carbons (Fsp3) is 0.273. The van der Waals surface area contributed by atoms with Crippen molar-refractivity contribution < 1.29 is 28.3 Å². The lowest BCUT2D eigenvalue weighted by atomic mass is 10.1. The highest BCUT2D eigenvalue weighted by molar-refractivity contribution is 5.88. The summed E-state index contributed by atoms with van der Waals surface area (Å²) in [6.45, 7) is 1.33. The van der Waals surface area contributed by atoms with Crippen molar-refractivity contribution in [1.29, 1.82) is 0 Å². The molecule has 0 aliphatic carbocycles. The van der Waals surface area contributed by atoms with Crippen molar-refractivity contribution in [3.63, 3.8) is 0 Å². The van der Waals surface area contributed by atoms with Gasteiger partial charge in [-0.2, -0.15) is 13.2 Å². The summed E-state index contributed by atoms with van der Waals surface area (Å²) in [7, 11) is 0. The monoisotopic (exact) mass is 390 g/mol. The minimum absolute atomic E-state index is 0.185. The third-order valence-corrected chi connectivity index (χ3v) is 4.54. The molecule has 0 bridgehead atoms. The highest BCUT2D eigenvalue weighted by Crippen LogP contribution is 2.29. The first-order chi connectivity index (χ1) is 13.4. The van der Waals surface area contributed by atoms with Crippen molar-refractivity contribution in [2.24, 2.45) is 0 Å². The SMILES string of the molecule is O[C@@H](C[NH2+]CCc1ccc(C(F)(F)F)cc1)COc1cccc2ccccc12. The maximum atomic E-state index is 12.6. The number of ether oxygens (including phenoxy) is 1. The first-order valence-corrected chi connectivity index (χ1v) is 9.20. The summed E-state index contributed by atoms with van der Waals surface area (Å²) in [5.41, 5.74) is 0.201. The summed E-state index contributed by atoms with van der Waals surface area (Å²) in [5, 5.41) is 14.1. The fourth-order valence-corrected chi connectivity index (χ4v) is 3.01. The zero-order valence-corrected chi connectivity index (χ0v) is 15.3. The molecule has 0 radical (unpaired) electrons. The van der Waals surface area contributed by atoms with Crippen LogP contribution in [0.3, 0.4) is 0 Å². The average Bonchev–Trinajstić information content (AvgIpc) is 2.69. The normalized spacial score (nSPS) is 12.9. The summed E-state index contributed by atoms with van der Waals surface area (Å²) in [5.74, 6) is 0.738. The van der Waals surface area contributed by atoms with Crippen molar-refractivity contribution in [2.75, 3.05) is 19.7 Å². The van der Waals surface area contributed by atoms with Gasteiger partial charge in [-0.1, -0.05) is 48.5 Å². The van der Waals surface area contributed by atoms with Gasteiger partial charge >= 0.3 is 6.18 Å². The molecule has 0 aliphatic heterocycles. The second-order valence-corrected chi connectivity index (χ2v) is 6.70. The van der Waals surface area contributed by atoms with Crippen LogP contribution in [0.1, 0.15) is 11.1 Å². The lowest BCUT2D eigenvalue weighted by Gasteiger charge is -2.13. The molecule has 3 aromatic carbocycles. The molecule has 3 aromatic rings. The number of hydrogen-bond acceptors (Lipinski definition) is 2. The van der Waals surface area contributed by atoms with E-state index in [1.165, 1.54) is 12.1 Å². The summed E-state index contributed by atoms with van der Waals surface area (Å²) in [6.07, 6.45) is -4.31. The molecule has 0 fully saturated rings. The molecule has 1 atom stereocenters. The van der Waals surface area contributed by atoms with Crippen molar-refractivity contribution in [1.82, 2.24) is 0 Å². The zero-order chi connectivity index (χ0) is 20.0. The molecule has 0 saturated carbocycles. The Bertz CT molecular complexity index is 889. The van der Waals surface area contributed by atoms with Crippen LogP contribution in [0.4, 0.5) is 13.2 Å². The van der Waals surface area contributed by atoms with Gasteiger partial charge in [0.2, 0.25) is 0 Å². The molecule has 3 rings (SSSR count). The first-order valence-electron chi connectivity index (χ1n) is 9.20. The Kier molecular flexibility index (Phi) is 6.54. The second kappa shape index (κ2) is 9.08. The van der Waals surface area contributed by atoms with Gasteiger partial charge in [0, 0.05) is 11.8 Å². The van der Waals surface area contributed by atoms with Gasteiger partial charge in [0.05, 0.1) is 12.1 Å². The van der Waals surface area contributed by atoms with E-state index in [1.54, 1.807) is 0 Å². The van der Waals surface area contributed by atoms with Crippen LogP contribution in [0.2, 0.25) is 0 Å². The van der Waals surface area contributed by atoms with E-state index in [0.29, 0.717) is 19.5 Å². The van der Waals surface area contributed by atoms with E-state index in [0.717, 1.165) is 34.2 Å². The predicted molar refractivity (Wildman–Crippen MR) is 102 cm³/mol. The molecular formula is C22H23F3NO2+. The Balaban J connectivity index is 1.40. The molecule has 0 amide bonds. The lowest BCUT2D eigenvalue weighted by Crippen LogP contribution is -2.87. The quantitative estimate of drug-likeness (QED) is 0.579. The van der Waals surface area contributed by atoms with Gasteiger partial charge in [-0.05, 0) is 29.1 Å². The standard InChI is InChI=1S/C22H22F3NO2/c23-22(24,25)18-10-8-16(9-11-18)12-13-26-14-19(27)15-28-21-7-3-5-17-4-1-2-6-20(17)21/h1-11,19,26-27H,12-15H2/p+1/t19-/m0/s1. The molecule has 148 valence electrons. The molecule has 0 aliphatic rings. The topological polar surface area (TPSA) is 46.1 Å². The third-order valence-electron chi connectivity index (χ3n) is 4.54. The number of nitrogens with two attached hydrogens (primary N) is 1. The summed E-state index contributed by atoms with van der Waals surface area (Å²) >= 11 is 0. The number of aliphatic hydroxyl groups excluding tert-OH is 1. The van der Waals surface area contributed by atoms with Crippen LogP contribution in [-0.2, 0) is 12.6 Å². The van der Waals surface area contributed by atoms with Gasteiger partial charge in [0.1, 0.15) is 25.0 Å². The number of halogens is 3. The number of alkyl halides is 3. The largest absolute Gasteiger partial charge is 0.490 e. The molecule has 0 heterocycles. The molecule has 0 spiro atoms. The van der Waals surface area contributed by atoms with Crippen LogP contribution in [0.5, 0.6) is 5.75 Å². The molecule has 0 unspecified atom stereocenters. The van der Waals surface area contributed by atoms with Gasteiger partial charge in [0.15, 0.2) is 0 Å². The number of rotatable bonds is 8. The van der Waals surface area contributed by atoms with E-state index in [4.69, 9.17) is 4.74 Å². The Morgan fingerprint density at radius 1 is 0.929 bits per heavy atom. The Morgan fingerprint density at radius 3 is 2.39 bits per heavy atom. The number of aliphatic hydroxyl groups is 1. The first kappa shape index (κ1) is 20.2. The van der Waals surface area contributed by atoms with Gasteiger partial charge in [0.25, 0.3) is 0 Å². The maximum Gasteiger partial charge on any atom is 0.416 e. The van der Waals surface area contributed by atoms with Crippen LogP contribution in [0.25, 0.3) is 10.8 Å². The smallest absolute Gasteiger partial charge is 0.416 e. The Labute approximate surface area is 161 Å². The summed E-state index contributed by atoms with van der Waals surface area (Å²) in [6, 6.07) is 18.9. The Hall–Kier alpha value is -2.57. The van der Waals surface area contributed by atoms with Gasteiger partial charge < -0.3 is 15.2 Å². The molecule has 3 N–H and O–H groups in total. The highest BCUT2D eigenvalue weighted by atomic mass is 19.4. The average molecular weight is 390 g/mol. The molecule has 3 nitrogen and oxygen atoms in total. The number of benzene rings is 3. The van der Waals surface area contributed by atoms with E-state index >= 15 is 0 Å². The van der Waals surface area contributed by atoms with Crippen molar-refractivity contribution in [2.45, 2.75) is 18.7 Å². The van der Waals surface area contributed by atoms with E-state index in [9.17, 15) is 18.3 Å². The van der Waals surface area contributed by atoms with Gasteiger partial charge in [-0.25, -0.2) is 0 Å². The number of quaternary nitrogens is 1. The maximum absolute atomic E-state index is 12.6. The van der Waals surface area contributed by atoms with E-state index in [1.807, 2.05) is 47.8 Å². The zero-order valence-electron chi connectivity index (χ0n) is 15.3. The van der Waals surface area contributed by atoms with Gasteiger partial charge in [-0.3, -0.25) is 0 Å². The molecule has 6 heteroatoms. The van der Waals surface area contributed by atoms with Crippen LogP contribution < -0.4 is 10.1 Å². The highest BCUT2D eigenvalue weighted by Gasteiger charge is 2.29. The predicted octanol–water partition coefficient (Wildman–Crippen LogP) is 3.40. The minimum atomic E-state index is -4.31. The summed E-state index contributed by atoms with van der Waals surface area (Å²) < 4.78 is 43.4. The van der Waals surface area contributed by atoms with Gasteiger partial charge in [-0.15, -0.1) is 0 Å². The van der Waals surface area contributed by atoms with Crippen LogP contribution in [-0.4, -0.2) is 30.9 Å². The molecule has 0 saturated heterocycles. The van der Waals surface area contributed by atoms with Crippen LogP contribution >= 0.6 is 0 Å². The molecule has 28 heavy (non-hydrogen) atoms. The van der Waals surface area contributed by atoms with Crippen LogP contribution in [0, 0.1) is 0 Å². The van der Waals surface area contributed by atoms with Crippen molar-refractivity contribution in [3.05, 3.63) is 77.9 Å². The second-order valence-electron chi connectivity index (χ2n) is 6.70. The molecular weight excluding hydrogens is 367 g/mol. The Morgan fingerprint density at radius 2 is 1.64 bits per heavy atom.